The van der Waals surface area contributed by atoms with E-state index in [1.54, 1.807) is 0 Å². The Bertz CT molecular complexity index is 4690. The second-order valence-electron chi connectivity index (χ2n) is 20.8. The van der Waals surface area contributed by atoms with Gasteiger partial charge >= 0.3 is 0 Å². The van der Waals surface area contributed by atoms with Crippen LogP contribution < -0.4 is 0 Å². The molecule has 0 radical (unpaired) electrons. The fraction of sp³-hybridized carbons (Fsp3) is 0.0541. The van der Waals surface area contributed by atoms with Crippen LogP contribution >= 0.6 is 0 Å². The Morgan fingerprint density at radius 3 is 1.25 bits per heavy atom. The number of pyridine rings is 3. The molecule has 0 fully saturated rings. The predicted molar refractivity (Wildman–Crippen MR) is 333 cm³/mol. The Balaban J connectivity index is 0.859. The van der Waals surface area contributed by atoms with Crippen molar-refractivity contribution in [2.24, 2.45) is 4.99 Å². The van der Waals surface area contributed by atoms with E-state index in [4.69, 9.17) is 9.98 Å². The maximum absolute atomic E-state index is 4.89. The van der Waals surface area contributed by atoms with Gasteiger partial charge in [0.1, 0.15) is 0 Å². The molecular formula is C74H52N6. The molecule has 6 heteroatoms. The largest absolute Gasteiger partial charge is 0.310 e. The molecule has 5 aromatic heterocycles. The van der Waals surface area contributed by atoms with Crippen molar-refractivity contribution >= 4 is 60.6 Å². The van der Waals surface area contributed by atoms with E-state index in [1.165, 1.54) is 43.8 Å². The number of hydrogen-bond donors (Lipinski definition) is 0. The van der Waals surface area contributed by atoms with Crippen molar-refractivity contribution < 1.29 is 0 Å². The fourth-order valence-corrected chi connectivity index (χ4v) is 12.1. The van der Waals surface area contributed by atoms with Gasteiger partial charge in [-0.05, 0) is 197 Å². The molecule has 0 bridgehead atoms. The molecular weight excluding hydrogens is 973 g/mol. The minimum atomic E-state index is 0.814. The van der Waals surface area contributed by atoms with Gasteiger partial charge in [0.05, 0.1) is 44.9 Å². The molecule has 1 aliphatic heterocycles. The summed E-state index contributed by atoms with van der Waals surface area (Å²) in [7, 11) is 0. The SMILES string of the molecule is C1=CC(c2cccc(-n3c4ccc(-c5cccc(-c6ccc7c(c6)c6cc(-c8cccc(-c9ccccn9)c8)ccc6n7C6=CCCC(c7ccccn7)=C6)c5)cc4c4cc(-c5cccc(-c6ccccn6)c5)ccc43)c2)=NCC1. The molecule has 0 unspecified atom stereocenters. The summed E-state index contributed by atoms with van der Waals surface area (Å²) in [4.78, 5) is 19.0. The van der Waals surface area contributed by atoms with Gasteiger partial charge in [-0.3, -0.25) is 19.9 Å². The van der Waals surface area contributed by atoms with Crippen molar-refractivity contribution in [3.8, 4) is 72.7 Å². The quantitative estimate of drug-likeness (QED) is 0.137. The molecule has 0 spiro atoms. The molecule has 1 aliphatic carbocycles. The number of dihydropyridines is 1. The van der Waals surface area contributed by atoms with Crippen molar-refractivity contribution in [2.45, 2.75) is 19.3 Å². The van der Waals surface area contributed by atoms with Crippen LogP contribution in [-0.4, -0.2) is 36.3 Å². The van der Waals surface area contributed by atoms with E-state index in [0.29, 0.717) is 0 Å². The number of aromatic nitrogens is 5. The third-order valence-electron chi connectivity index (χ3n) is 16.0. The molecule has 15 rings (SSSR count). The van der Waals surface area contributed by atoms with Crippen molar-refractivity contribution in [1.29, 1.82) is 0 Å². The Morgan fingerprint density at radius 1 is 0.338 bits per heavy atom. The van der Waals surface area contributed by atoms with Gasteiger partial charge in [0.25, 0.3) is 0 Å². The first-order chi connectivity index (χ1) is 39.6. The Kier molecular flexibility index (Phi) is 11.7. The van der Waals surface area contributed by atoms with Crippen LogP contribution in [0.4, 0.5) is 0 Å². The second kappa shape index (κ2) is 19.9. The summed E-state index contributed by atoms with van der Waals surface area (Å²) in [5.41, 5.74) is 24.7. The van der Waals surface area contributed by atoms with E-state index in [9.17, 15) is 0 Å². The Labute approximate surface area is 464 Å². The Hall–Kier alpha value is -10.3. The molecule has 0 saturated heterocycles. The highest BCUT2D eigenvalue weighted by Gasteiger charge is 2.20. The lowest BCUT2D eigenvalue weighted by Gasteiger charge is -2.17. The average Bonchev–Trinajstić information content (AvgIpc) is 4.27. The van der Waals surface area contributed by atoms with Crippen LogP contribution in [0, 0.1) is 0 Å². The number of allylic oxidation sites excluding steroid dienone is 5. The van der Waals surface area contributed by atoms with Crippen LogP contribution in [0.25, 0.3) is 128 Å². The summed E-state index contributed by atoms with van der Waals surface area (Å²) in [5, 5.41) is 4.80. The normalized spacial score (nSPS) is 13.5. The first kappa shape index (κ1) is 47.0. The number of nitrogens with zero attached hydrogens (tertiary/aromatic N) is 6. The van der Waals surface area contributed by atoms with Gasteiger partial charge in [0.15, 0.2) is 0 Å². The van der Waals surface area contributed by atoms with Crippen molar-refractivity contribution in [3.05, 3.63) is 279 Å². The molecule has 0 N–H and O–H groups in total. The zero-order valence-corrected chi connectivity index (χ0v) is 43.9. The first-order valence-corrected chi connectivity index (χ1v) is 27.6. The zero-order chi connectivity index (χ0) is 52.9. The van der Waals surface area contributed by atoms with E-state index in [-0.39, 0.29) is 0 Å². The molecule has 6 nitrogen and oxygen atoms in total. The molecule has 0 atom stereocenters. The van der Waals surface area contributed by atoms with E-state index >= 15 is 0 Å². The molecule has 378 valence electrons. The van der Waals surface area contributed by atoms with E-state index in [1.807, 2.05) is 48.9 Å². The van der Waals surface area contributed by atoms with Crippen LogP contribution in [0.5, 0.6) is 0 Å². The van der Waals surface area contributed by atoms with Crippen LogP contribution in [0.2, 0.25) is 0 Å². The standard InChI is InChI=1S/C74H52N6/c1-5-36-75-67(24-1)57-18-10-16-51(41-57)55-30-34-73-65(47-55)63-45-53(28-32-71(63)79(73)61-22-12-20-59(43-61)69-26-3-7-38-77-69)49-14-9-15-50(40-49)54-29-33-72-64(46-54)66-48-56(52-17-11-19-58(42-52)68-25-2-6-37-76-68)31-35-74(66)80(72)62-23-13-21-60(44-62)70-27-4-8-39-78-70/h1-7,9-11,13-19,21-38,40-48H,8,12,20,39H2. The lowest BCUT2D eigenvalue weighted by Crippen LogP contribution is -2.03. The fourth-order valence-electron chi connectivity index (χ4n) is 12.1. The molecule has 13 aromatic rings. The molecule has 80 heavy (non-hydrogen) atoms. The number of fused-ring (bicyclic) bond motifs is 6. The number of rotatable bonds is 10. The highest BCUT2D eigenvalue weighted by atomic mass is 15.0. The van der Waals surface area contributed by atoms with Crippen molar-refractivity contribution in [3.63, 3.8) is 0 Å². The minimum absolute atomic E-state index is 0.814. The third kappa shape index (κ3) is 8.55. The summed E-state index contributed by atoms with van der Waals surface area (Å²) in [5.74, 6) is 0. The summed E-state index contributed by atoms with van der Waals surface area (Å²) < 4.78 is 4.87. The van der Waals surface area contributed by atoms with Gasteiger partial charge in [-0.15, -0.1) is 0 Å². The summed E-state index contributed by atoms with van der Waals surface area (Å²) in [6.07, 6.45) is 17.6. The van der Waals surface area contributed by atoms with Crippen molar-refractivity contribution in [1.82, 2.24) is 24.1 Å². The smallest absolute Gasteiger partial charge is 0.0702 e. The van der Waals surface area contributed by atoms with Gasteiger partial charge in [-0.25, -0.2) is 0 Å². The average molecular weight is 1030 g/mol. The highest BCUT2D eigenvalue weighted by Crippen LogP contribution is 2.42. The van der Waals surface area contributed by atoms with Gasteiger partial charge in [-0.1, -0.05) is 121 Å². The van der Waals surface area contributed by atoms with Crippen LogP contribution in [0.15, 0.2) is 272 Å². The Morgan fingerprint density at radius 2 is 0.775 bits per heavy atom. The highest BCUT2D eigenvalue weighted by molar-refractivity contribution is 6.14. The van der Waals surface area contributed by atoms with Gasteiger partial charge in [0, 0.05) is 74.8 Å². The maximum Gasteiger partial charge on any atom is 0.0702 e. The molecule has 8 aromatic carbocycles. The van der Waals surface area contributed by atoms with Crippen LogP contribution in [0.3, 0.4) is 0 Å². The van der Waals surface area contributed by atoms with E-state index in [0.717, 1.165) is 127 Å². The number of hydrogen-bond acceptors (Lipinski definition) is 4. The van der Waals surface area contributed by atoms with Gasteiger partial charge in [-0.2, -0.15) is 0 Å². The molecule has 6 heterocycles. The van der Waals surface area contributed by atoms with Gasteiger partial charge in [0.2, 0.25) is 0 Å². The van der Waals surface area contributed by atoms with Crippen molar-refractivity contribution in [2.75, 3.05) is 6.54 Å². The monoisotopic (exact) mass is 1020 g/mol. The van der Waals surface area contributed by atoms with Gasteiger partial charge < -0.3 is 9.13 Å². The zero-order valence-electron chi connectivity index (χ0n) is 43.9. The second-order valence-corrected chi connectivity index (χ2v) is 20.8. The number of aliphatic imine (C=N–C) groups is 1. The van der Waals surface area contributed by atoms with E-state index in [2.05, 4.69) is 238 Å². The topological polar surface area (TPSA) is 60.9 Å². The third-order valence-corrected chi connectivity index (χ3v) is 16.0. The first-order valence-electron chi connectivity index (χ1n) is 27.6. The molecule has 2 aliphatic rings. The lowest BCUT2D eigenvalue weighted by molar-refractivity contribution is 0.994. The lowest BCUT2D eigenvalue weighted by atomic mass is 9.96. The summed E-state index contributed by atoms with van der Waals surface area (Å²) in [6.45, 7) is 0.814. The van der Waals surface area contributed by atoms with Crippen LogP contribution in [-0.2, 0) is 0 Å². The van der Waals surface area contributed by atoms with Crippen LogP contribution in [0.1, 0.15) is 30.5 Å². The molecule has 0 amide bonds. The summed E-state index contributed by atoms with van der Waals surface area (Å²) in [6, 6.07) is 81.6. The molecule has 0 saturated carbocycles. The van der Waals surface area contributed by atoms with E-state index < -0.39 is 0 Å². The number of benzene rings is 8. The maximum atomic E-state index is 4.89. The predicted octanol–water partition coefficient (Wildman–Crippen LogP) is 18.5. The summed E-state index contributed by atoms with van der Waals surface area (Å²) >= 11 is 0. The minimum Gasteiger partial charge on any atom is -0.310 e.